The predicted octanol–water partition coefficient (Wildman–Crippen LogP) is 2.57. The molecule has 7 heteroatoms. The second-order valence-corrected chi connectivity index (χ2v) is 4.36. The second-order valence-electron chi connectivity index (χ2n) is 4.36. The van der Waals surface area contributed by atoms with E-state index in [-0.39, 0.29) is 24.0 Å². The minimum Gasteiger partial charge on any atom is -0.493 e. The van der Waals surface area contributed by atoms with Gasteiger partial charge in [0.15, 0.2) is 17.5 Å². The molecule has 0 atom stereocenters. The van der Waals surface area contributed by atoms with E-state index in [1.54, 1.807) is 27.4 Å². The Kier molecular flexibility index (Phi) is 11.0. The zero-order valence-electron chi connectivity index (χ0n) is 14.1. The van der Waals surface area contributed by atoms with Crippen molar-refractivity contribution >= 4 is 29.9 Å². The highest BCUT2D eigenvalue weighted by Gasteiger charge is 2.15. The van der Waals surface area contributed by atoms with Crippen molar-refractivity contribution in [2.45, 2.75) is 13.5 Å². The molecule has 0 aliphatic heterocycles. The molecule has 0 amide bonds. The minimum atomic E-state index is 0. The normalized spacial score (nSPS) is 10.3. The van der Waals surface area contributed by atoms with Gasteiger partial charge < -0.3 is 24.8 Å². The molecule has 0 heterocycles. The maximum Gasteiger partial charge on any atom is 0.203 e. The van der Waals surface area contributed by atoms with Gasteiger partial charge in [0.05, 0.1) is 27.9 Å². The first-order valence-electron chi connectivity index (χ1n) is 7.12. The number of hydrogen-bond donors (Lipinski definition) is 2. The van der Waals surface area contributed by atoms with Gasteiger partial charge in [-0.3, -0.25) is 0 Å². The summed E-state index contributed by atoms with van der Waals surface area (Å²) in [6.45, 7) is 7.59. The fraction of sp³-hybridized carbons (Fsp3) is 0.438. The van der Waals surface area contributed by atoms with Crippen molar-refractivity contribution in [2.24, 2.45) is 4.99 Å². The van der Waals surface area contributed by atoms with E-state index in [0.717, 1.165) is 18.1 Å². The maximum absolute atomic E-state index is 5.45. The Hall–Kier alpha value is -1.64. The van der Waals surface area contributed by atoms with Gasteiger partial charge in [-0.25, -0.2) is 4.99 Å². The quantitative estimate of drug-likeness (QED) is 0.285. The van der Waals surface area contributed by atoms with Crippen LogP contribution in [0, 0.1) is 0 Å². The fourth-order valence-corrected chi connectivity index (χ4v) is 1.96. The van der Waals surface area contributed by atoms with Crippen molar-refractivity contribution in [3.63, 3.8) is 0 Å². The van der Waals surface area contributed by atoms with Gasteiger partial charge in [0, 0.05) is 18.7 Å². The maximum atomic E-state index is 5.45. The molecule has 0 unspecified atom stereocenters. The lowest BCUT2D eigenvalue weighted by Gasteiger charge is -2.15. The molecule has 0 aliphatic carbocycles. The number of rotatable bonds is 8. The van der Waals surface area contributed by atoms with Crippen molar-refractivity contribution in [3.05, 3.63) is 30.4 Å². The van der Waals surface area contributed by atoms with Gasteiger partial charge in [-0.2, -0.15) is 0 Å². The van der Waals surface area contributed by atoms with Gasteiger partial charge >= 0.3 is 0 Å². The lowest BCUT2D eigenvalue weighted by molar-refractivity contribution is 0.322. The summed E-state index contributed by atoms with van der Waals surface area (Å²) >= 11 is 0. The van der Waals surface area contributed by atoms with Crippen molar-refractivity contribution in [2.75, 3.05) is 34.4 Å². The van der Waals surface area contributed by atoms with Crippen LogP contribution < -0.4 is 24.8 Å². The van der Waals surface area contributed by atoms with E-state index in [2.05, 4.69) is 22.2 Å². The molecule has 0 saturated carbocycles. The van der Waals surface area contributed by atoms with Crippen LogP contribution in [0.15, 0.2) is 29.8 Å². The highest BCUT2D eigenvalue weighted by Crippen LogP contribution is 2.39. The summed E-state index contributed by atoms with van der Waals surface area (Å²) in [5.41, 5.74) is 0.913. The van der Waals surface area contributed by atoms with Crippen LogP contribution in [-0.4, -0.2) is 40.4 Å². The van der Waals surface area contributed by atoms with Gasteiger partial charge in [-0.05, 0) is 19.1 Å². The average Bonchev–Trinajstić information content (AvgIpc) is 2.56. The third kappa shape index (κ3) is 6.17. The summed E-state index contributed by atoms with van der Waals surface area (Å²) < 4.78 is 16.1. The molecule has 6 nitrogen and oxygen atoms in total. The zero-order chi connectivity index (χ0) is 16.4. The number of hydrogen-bond acceptors (Lipinski definition) is 4. The SMILES string of the molecule is C=CCNC(=NCc1ccc(OC)c(OC)c1OC)NCC.I. The number of guanidine groups is 1. The van der Waals surface area contributed by atoms with Gasteiger partial charge in [-0.15, -0.1) is 30.6 Å². The fourth-order valence-electron chi connectivity index (χ4n) is 1.96. The van der Waals surface area contributed by atoms with E-state index < -0.39 is 0 Å². The van der Waals surface area contributed by atoms with Crippen LogP contribution in [0.25, 0.3) is 0 Å². The summed E-state index contributed by atoms with van der Waals surface area (Å²) in [6, 6.07) is 3.76. The smallest absolute Gasteiger partial charge is 0.203 e. The Labute approximate surface area is 155 Å². The van der Waals surface area contributed by atoms with Gasteiger partial charge in [0.2, 0.25) is 5.75 Å². The van der Waals surface area contributed by atoms with Crippen LogP contribution in [-0.2, 0) is 6.54 Å². The average molecular weight is 435 g/mol. The molecule has 0 aromatic heterocycles. The number of ether oxygens (including phenoxy) is 3. The molecule has 23 heavy (non-hydrogen) atoms. The summed E-state index contributed by atoms with van der Waals surface area (Å²) in [7, 11) is 4.78. The Morgan fingerprint density at radius 2 is 1.83 bits per heavy atom. The molecule has 0 spiro atoms. The molecule has 1 rings (SSSR count). The van der Waals surface area contributed by atoms with Crippen LogP contribution >= 0.6 is 24.0 Å². The number of nitrogens with zero attached hydrogens (tertiary/aromatic N) is 1. The summed E-state index contributed by atoms with van der Waals surface area (Å²) in [6.07, 6.45) is 1.78. The van der Waals surface area contributed by atoms with Crippen molar-refractivity contribution in [1.29, 1.82) is 0 Å². The zero-order valence-corrected chi connectivity index (χ0v) is 16.5. The summed E-state index contributed by atoms with van der Waals surface area (Å²) in [5, 5.41) is 6.32. The monoisotopic (exact) mass is 435 g/mol. The molecule has 1 aromatic carbocycles. The molecular weight excluding hydrogens is 409 g/mol. The Balaban J connectivity index is 0.00000484. The molecule has 1 aromatic rings. The van der Waals surface area contributed by atoms with Crippen LogP contribution in [0.2, 0.25) is 0 Å². The third-order valence-electron chi connectivity index (χ3n) is 2.95. The molecule has 0 fully saturated rings. The highest BCUT2D eigenvalue weighted by molar-refractivity contribution is 14.0. The topological polar surface area (TPSA) is 64.1 Å². The highest BCUT2D eigenvalue weighted by atomic mass is 127. The van der Waals surface area contributed by atoms with Crippen LogP contribution in [0.3, 0.4) is 0 Å². The van der Waals surface area contributed by atoms with Crippen molar-refractivity contribution in [3.8, 4) is 17.2 Å². The summed E-state index contributed by atoms with van der Waals surface area (Å²) in [5.74, 6) is 2.55. The molecule has 0 bridgehead atoms. The van der Waals surface area contributed by atoms with Crippen molar-refractivity contribution < 1.29 is 14.2 Å². The first-order chi connectivity index (χ1) is 10.7. The number of aliphatic imine (C=N–C) groups is 1. The van der Waals surface area contributed by atoms with Crippen LogP contribution in [0.1, 0.15) is 12.5 Å². The molecule has 0 saturated heterocycles. The lowest BCUT2D eigenvalue weighted by Crippen LogP contribution is -2.37. The Morgan fingerprint density at radius 3 is 2.35 bits per heavy atom. The molecule has 0 radical (unpaired) electrons. The number of nitrogens with one attached hydrogen (secondary N) is 2. The van der Waals surface area contributed by atoms with Gasteiger partial charge in [0.1, 0.15) is 0 Å². The molecule has 0 aliphatic rings. The number of methoxy groups -OCH3 is 3. The lowest BCUT2D eigenvalue weighted by atomic mass is 10.1. The minimum absolute atomic E-state index is 0. The van der Waals surface area contributed by atoms with Crippen LogP contribution in [0.4, 0.5) is 0 Å². The largest absolute Gasteiger partial charge is 0.493 e. The first kappa shape index (κ1) is 21.4. The standard InChI is InChI=1S/C16H25N3O3.HI/c1-6-10-18-16(17-7-2)19-11-12-8-9-13(20-3)15(22-5)14(12)21-4;/h6,8-9H,1,7,10-11H2,2-5H3,(H2,17,18,19);1H. The van der Waals surface area contributed by atoms with E-state index in [0.29, 0.717) is 30.3 Å². The second kappa shape index (κ2) is 11.9. The molecule has 130 valence electrons. The first-order valence-corrected chi connectivity index (χ1v) is 7.12. The molecular formula is C16H26IN3O3. The number of benzene rings is 1. The van der Waals surface area contributed by atoms with Gasteiger partial charge in [-0.1, -0.05) is 6.08 Å². The van der Waals surface area contributed by atoms with E-state index in [1.807, 2.05) is 19.1 Å². The third-order valence-corrected chi connectivity index (χ3v) is 2.95. The van der Waals surface area contributed by atoms with E-state index in [9.17, 15) is 0 Å². The van der Waals surface area contributed by atoms with Crippen molar-refractivity contribution in [1.82, 2.24) is 10.6 Å². The Bertz CT molecular complexity index is 522. The van der Waals surface area contributed by atoms with E-state index in [4.69, 9.17) is 14.2 Å². The number of halogens is 1. The van der Waals surface area contributed by atoms with E-state index in [1.165, 1.54) is 0 Å². The predicted molar refractivity (Wildman–Crippen MR) is 105 cm³/mol. The van der Waals surface area contributed by atoms with Gasteiger partial charge in [0.25, 0.3) is 0 Å². The summed E-state index contributed by atoms with van der Waals surface area (Å²) in [4.78, 5) is 4.53. The van der Waals surface area contributed by atoms with E-state index >= 15 is 0 Å². The van der Waals surface area contributed by atoms with Crippen LogP contribution in [0.5, 0.6) is 17.2 Å². The Morgan fingerprint density at radius 1 is 1.13 bits per heavy atom. The molecule has 2 N–H and O–H groups in total.